The Morgan fingerprint density at radius 3 is 2.53 bits per heavy atom. The van der Waals surface area contributed by atoms with E-state index in [0.29, 0.717) is 10.2 Å². The number of H-pyrrole nitrogens is 1. The zero-order chi connectivity index (χ0) is 14.2. The van der Waals surface area contributed by atoms with Crippen molar-refractivity contribution in [2.75, 3.05) is 4.72 Å². The third-order valence-corrected chi connectivity index (χ3v) is 5.35. The number of rotatable bonds is 3. The molecule has 2 N–H and O–H groups in total. The number of aromatic nitrogens is 2. The molecule has 2 aromatic rings. The van der Waals surface area contributed by atoms with E-state index in [2.05, 4.69) is 30.8 Å². The lowest BCUT2D eigenvalue weighted by Gasteiger charge is -2.07. The number of hydrogen-bond acceptors (Lipinski definition) is 3. The Morgan fingerprint density at radius 1 is 1.32 bits per heavy atom. The number of sulfonamides is 1. The van der Waals surface area contributed by atoms with Gasteiger partial charge in [-0.2, -0.15) is 5.10 Å². The van der Waals surface area contributed by atoms with Crippen LogP contribution in [-0.4, -0.2) is 18.6 Å². The number of halogens is 3. The van der Waals surface area contributed by atoms with E-state index in [1.807, 2.05) is 0 Å². The second-order valence-electron chi connectivity index (χ2n) is 3.69. The Bertz CT molecular complexity index is 730. The van der Waals surface area contributed by atoms with Gasteiger partial charge in [-0.25, -0.2) is 8.42 Å². The monoisotopic (exact) mass is 383 g/mol. The van der Waals surface area contributed by atoms with Crippen LogP contribution in [0.5, 0.6) is 0 Å². The average Bonchev–Trinajstić information content (AvgIpc) is 2.64. The van der Waals surface area contributed by atoms with Crippen molar-refractivity contribution in [2.45, 2.75) is 11.8 Å². The summed E-state index contributed by atoms with van der Waals surface area (Å²) >= 11 is 14.8. The lowest BCUT2D eigenvalue weighted by molar-refractivity contribution is 0.601. The molecule has 0 aliphatic rings. The highest BCUT2D eigenvalue weighted by atomic mass is 79.9. The standard InChI is InChI=1S/C10H8BrCl2N3O2S/c1-5-9(11)10(15-14-5)16-19(17,18)6-2-3-7(12)8(13)4-6/h2-4H,1H3,(H2,14,15,16). The zero-order valence-electron chi connectivity index (χ0n) is 9.54. The van der Waals surface area contributed by atoms with Crippen LogP contribution < -0.4 is 4.72 Å². The van der Waals surface area contributed by atoms with Gasteiger partial charge in [0.15, 0.2) is 5.82 Å². The molecule has 2 rings (SSSR count). The molecule has 1 aromatic carbocycles. The average molecular weight is 385 g/mol. The predicted octanol–water partition coefficient (Wildman–Crippen LogP) is 3.59. The first-order valence-corrected chi connectivity index (χ1v) is 8.03. The number of benzene rings is 1. The molecule has 9 heteroatoms. The van der Waals surface area contributed by atoms with Gasteiger partial charge in [-0.05, 0) is 41.1 Å². The molecule has 5 nitrogen and oxygen atoms in total. The Balaban J connectivity index is 2.37. The number of nitrogens with zero attached hydrogens (tertiary/aromatic N) is 1. The predicted molar refractivity (Wildman–Crippen MR) is 78.3 cm³/mol. The fourth-order valence-electron chi connectivity index (χ4n) is 1.31. The minimum absolute atomic E-state index is 0.00875. The van der Waals surface area contributed by atoms with E-state index >= 15 is 0 Å². The topological polar surface area (TPSA) is 74.8 Å². The zero-order valence-corrected chi connectivity index (χ0v) is 13.5. The molecule has 0 aliphatic heterocycles. The van der Waals surface area contributed by atoms with Crippen molar-refractivity contribution >= 4 is 55.0 Å². The molecule has 0 radical (unpaired) electrons. The lowest BCUT2D eigenvalue weighted by atomic mass is 10.4. The lowest BCUT2D eigenvalue weighted by Crippen LogP contribution is -2.13. The summed E-state index contributed by atoms with van der Waals surface area (Å²) in [5.41, 5.74) is 0.715. The Labute approximate surface area is 128 Å². The summed E-state index contributed by atoms with van der Waals surface area (Å²) in [5, 5.41) is 6.96. The second-order valence-corrected chi connectivity index (χ2v) is 6.98. The first-order valence-electron chi connectivity index (χ1n) is 4.99. The fraction of sp³-hybridized carbons (Fsp3) is 0.100. The summed E-state index contributed by atoms with van der Waals surface area (Å²) in [6.07, 6.45) is 0. The number of hydrogen-bond donors (Lipinski definition) is 2. The third-order valence-electron chi connectivity index (χ3n) is 2.30. The van der Waals surface area contributed by atoms with Gasteiger partial charge in [-0.1, -0.05) is 23.2 Å². The largest absolute Gasteiger partial charge is 0.280 e. The molecule has 0 aliphatic carbocycles. The molecule has 1 aromatic heterocycles. The SMILES string of the molecule is Cc1[nH]nc(NS(=O)(=O)c2ccc(Cl)c(Cl)c2)c1Br. The van der Waals surface area contributed by atoms with Crippen LogP contribution in [-0.2, 0) is 10.0 Å². The van der Waals surface area contributed by atoms with Crippen molar-refractivity contribution < 1.29 is 8.42 Å². The molecule has 19 heavy (non-hydrogen) atoms. The Kier molecular flexibility index (Phi) is 4.10. The van der Waals surface area contributed by atoms with E-state index < -0.39 is 10.0 Å². The molecule has 0 saturated carbocycles. The highest BCUT2D eigenvalue weighted by molar-refractivity contribution is 9.10. The Morgan fingerprint density at radius 2 is 2.00 bits per heavy atom. The molecule has 0 bridgehead atoms. The van der Waals surface area contributed by atoms with Crippen LogP contribution in [0.3, 0.4) is 0 Å². The highest BCUT2D eigenvalue weighted by Gasteiger charge is 2.19. The molecule has 0 unspecified atom stereocenters. The molecule has 0 spiro atoms. The summed E-state index contributed by atoms with van der Waals surface area (Å²) in [7, 11) is -3.77. The van der Waals surface area contributed by atoms with Crippen molar-refractivity contribution in [1.29, 1.82) is 0 Å². The van der Waals surface area contributed by atoms with Crippen LogP contribution >= 0.6 is 39.1 Å². The third kappa shape index (κ3) is 3.05. The number of aryl methyl sites for hydroxylation is 1. The van der Waals surface area contributed by atoms with Crippen molar-refractivity contribution in [3.05, 3.63) is 38.4 Å². The van der Waals surface area contributed by atoms with Gasteiger partial charge in [-0.3, -0.25) is 9.82 Å². The summed E-state index contributed by atoms with van der Waals surface area (Å²) in [6.45, 7) is 1.76. The van der Waals surface area contributed by atoms with Gasteiger partial charge >= 0.3 is 0 Å². The smallest absolute Gasteiger partial charge is 0.263 e. The molecule has 0 atom stereocenters. The summed E-state index contributed by atoms with van der Waals surface area (Å²) in [5.74, 6) is 0.184. The van der Waals surface area contributed by atoms with Gasteiger partial charge in [0, 0.05) is 5.69 Å². The molecule has 1 heterocycles. The summed E-state index contributed by atoms with van der Waals surface area (Å²) in [4.78, 5) is 0.00875. The van der Waals surface area contributed by atoms with E-state index in [9.17, 15) is 8.42 Å². The number of aromatic amines is 1. The van der Waals surface area contributed by atoms with E-state index in [-0.39, 0.29) is 20.8 Å². The van der Waals surface area contributed by atoms with E-state index in [4.69, 9.17) is 23.2 Å². The minimum Gasteiger partial charge on any atom is -0.280 e. The quantitative estimate of drug-likeness (QED) is 0.848. The normalized spacial score (nSPS) is 11.6. The van der Waals surface area contributed by atoms with Gasteiger partial charge in [0.25, 0.3) is 10.0 Å². The molecular formula is C10H8BrCl2N3O2S. The first-order chi connectivity index (χ1) is 8.81. The molecule has 0 saturated heterocycles. The minimum atomic E-state index is -3.77. The van der Waals surface area contributed by atoms with Crippen LogP contribution in [0.25, 0.3) is 0 Å². The maximum absolute atomic E-state index is 12.1. The maximum Gasteiger partial charge on any atom is 0.263 e. The van der Waals surface area contributed by atoms with Crippen LogP contribution in [0, 0.1) is 6.92 Å². The van der Waals surface area contributed by atoms with Crippen LogP contribution in [0.4, 0.5) is 5.82 Å². The Hall–Kier alpha value is -0.760. The number of nitrogens with one attached hydrogen (secondary N) is 2. The molecule has 102 valence electrons. The summed E-state index contributed by atoms with van der Waals surface area (Å²) < 4.78 is 27.2. The van der Waals surface area contributed by atoms with E-state index in [1.165, 1.54) is 18.2 Å². The van der Waals surface area contributed by atoms with E-state index in [1.54, 1.807) is 6.92 Å². The number of anilines is 1. The molecule has 0 fully saturated rings. The molecular weight excluding hydrogens is 377 g/mol. The maximum atomic E-state index is 12.1. The van der Waals surface area contributed by atoms with Gasteiger partial charge < -0.3 is 0 Å². The van der Waals surface area contributed by atoms with E-state index in [0.717, 1.165) is 0 Å². The highest BCUT2D eigenvalue weighted by Crippen LogP contribution is 2.28. The van der Waals surface area contributed by atoms with Gasteiger partial charge in [0.05, 0.1) is 19.4 Å². The van der Waals surface area contributed by atoms with Gasteiger partial charge in [0.1, 0.15) is 0 Å². The van der Waals surface area contributed by atoms with Crippen molar-refractivity contribution in [1.82, 2.24) is 10.2 Å². The van der Waals surface area contributed by atoms with Gasteiger partial charge in [0.2, 0.25) is 0 Å². The fourth-order valence-corrected chi connectivity index (χ4v) is 3.12. The van der Waals surface area contributed by atoms with Crippen molar-refractivity contribution in [3.8, 4) is 0 Å². The van der Waals surface area contributed by atoms with Crippen LogP contribution in [0.2, 0.25) is 10.0 Å². The summed E-state index contributed by atoms with van der Waals surface area (Å²) in [6, 6.07) is 4.06. The van der Waals surface area contributed by atoms with Crippen LogP contribution in [0.1, 0.15) is 5.69 Å². The molecule has 0 amide bonds. The van der Waals surface area contributed by atoms with Crippen LogP contribution in [0.15, 0.2) is 27.6 Å². The van der Waals surface area contributed by atoms with Crippen molar-refractivity contribution in [3.63, 3.8) is 0 Å². The van der Waals surface area contributed by atoms with Crippen molar-refractivity contribution in [2.24, 2.45) is 0 Å². The van der Waals surface area contributed by atoms with Gasteiger partial charge in [-0.15, -0.1) is 0 Å². The second kappa shape index (κ2) is 5.32. The first kappa shape index (κ1) is 14.6.